The van der Waals surface area contributed by atoms with Gasteiger partial charge in [0.15, 0.2) is 11.5 Å². The SMILES string of the molecule is CCCC.CNC(=O)C1=C(Nc2cccc(-c3cnc(C(=O)O)c(F)c3)c2OC)C=C(N)NN1. The zero-order chi connectivity index (χ0) is 25.3. The first-order valence-electron chi connectivity index (χ1n) is 10.6. The van der Waals surface area contributed by atoms with Crippen LogP contribution in [0.1, 0.15) is 37.2 Å². The first-order valence-corrected chi connectivity index (χ1v) is 10.6. The van der Waals surface area contributed by atoms with Gasteiger partial charge in [0, 0.05) is 30.4 Å². The van der Waals surface area contributed by atoms with Crippen molar-refractivity contribution in [3.05, 3.63) is 65.3 Å². The number of para-hydroxylation sites is 1. The van der Waals surface area contributed by atoms with E-state index in [-0.39, 0.29) is 17.4 Å². The van der Waals surface area contributed by atoms with Crippen LogP contribution in [0.5, 0.6) is 5.75 Å². The molecule has 1 aromatic carbocycles. The second-order valence-corrected chi connectivity index (χ2v) is 7.09. The number of amides is 1. The van der Waals surface area contributed by atoms with Crippen molar-refractivity contribution in [3.8, 4) is 16.9 Å². The number of hydrogen-bond donors (Lipinski definition) is 6. The van der Waals surface area contributed by atoms with E-state index in [4.69, 9.17) is 15.6 Å². The van der Waals surface area contributed by atoms with E-state index in [2.05, 4.69) is 40.3 Å². The van der Waals surface area contributed by atoms with E-state index in [9.17, 15) is 14.0 Å². The van der Waals surface area contributed by atoms with Gasteiger partial charge in [-0.1, -0.05) is 38.8 Å². The number of carbonyl (C=O) groups excluding carboxylic acids is 1. The van der Waals surface area contributed by atoms with Crippen molar-refractivity contribution in [2.24, 2.45) is 5.73 Å². The molecule has 1 aromatic heterocycles. The summed E-state index contributed by atoms with van der Waals surface area (Å²) in [5.41, 5.74) is 12.3. The number of rotatable bonds is 7. The highest BCUT2D eigenvalue weighted by Crippen LogP contribution is 2.37. The number of likely N-dealkylation sites (N-methyl/N-ethyl adjacent to an activating group) is 1. The van der Waals surface area contributed by atoms with Gasteiger partial charge in [-0.25, -0.2) is 14.2 Å². The zero-order valence-electron chi connectivity index (χ0n) is 19.5. The summed E-state index contributed by atoms with van der Waals surface area (Å²) in [6, 6.07) is 6.11. The van der Waals surface area contributed by atoms with Gasteiger partial charge in [-0.15, -0.1) is 0 Å². The maximum Gasteiger partial charge on any atom is 0.357 e. The van der Waals surface area contributed by atoms with Crippen molar-refractivity contribution < 1.29 is 23.8 Å². The van der Waals surface area contributed by atoms with Gasteiger partial charge in [0.25, 0.3) is 5.91 Å². The summed E-state index contributed by atoms with van der Waals surface area (Å²) in [5, 5.41) is 14.6. The summed E-state index contributed by atoms with van der Waals surface area (Å²) >= 11 is 0. The highest BCUT2D eigenvalue weighted by Gasteiger charge is 2.20. The number of nitrogens with one attached hydrogen (secondary N) is 4. The summed E-state index contributed by atoms with van der Waals surface area (Å²) in [4.78, 5) is 26.8. The number of nitrogens with zero attached hydrogens (tertiary/aromatic N) is 1. The van der Waals surface area contributed by atoms with Gasteiger partial charge in [-0.05, 0) is 12.1 Å². The molecule has 0 saturated carbocycles. The van der Waals surface area contributed by atoms with Gasteiger partial charge in [0.2, 0.25) is 0 Å². The van der Waals surface area contributed by atoms with Gasteiger partial charge < -0.3 is 26.2 Å². The molecular formula is C23H29FN6O4. The summed E-state index contributed by atoms with van der Waals surface area (Å²) in [6.45, 7) is 4.36. The van der Waals surface area contributed by atoms with E-state index in [0.29, 0.717) is 28.3 Å². The molecule has 1 amide bonds. The quantitative estimate of drug-likeness (QED) is 0.357. The van der Waals surface area contributed by atoms with E-state index in [1.54, 1.807) is 18.2 Å². The van der Waals surface area contributed by atoms with Crippen LogP contribution in [0, 0.1) is 5.82 Å². The number of carbonyl (C=O) groups is 2. The molecule has 0 aliphatic carbocycles. The average Bonchev–Trinajstić information content (AvgIpc) is 2.83. The van der Waals surface area contributed by atoms with Crippen molar-refractivity contribution >= 4 is 17.6 Å². The van der Waals surface area contributed by atoms with Gasteiger partial charge in [0.1, 0.15) is 17.3 Å². The van der Waals surface area contributed by atoms with Gasteiger partial charge in [-0.3, -0.25) is 15.6 Å². The Morgan fingerprint density at radius 1 is 1.24 bits per heavy atom. The maximum absolute atomic E-state index is 14.1. The molecule has 1 aliphatic heterocycles. The largest absolute Gasteiger partial charge is 0.494 e. The molecule has 2 heterocycles. The minimum Gasteiger partial charge on any atom is -0.494 e. The van der Waals surface area contributed by atoms with Crippen LogP contribution in [0.4, 0.5) is 10.1 Å². The zero-order valence-corrected chi connectivity index (χ0v) is 19.5. The molecule has 1 aliphatic rings. The van der Waals surface area contributed by atoms with Crippen molar-refractivity contribution in [2.75, 3.05) is 19.5 Å². The number of hydrogen-bond acceptors (Lipinski definition) is 8. The van der Waals surface area contributed by atoms with Gasteiger partial charge in [-0.2, -0.15) is 0 Å². The first kappa shape index (κ1) is 26.0. The molecule has 0 radical (unpaired) electrons. The predicted octanol–water partition coefficient (Wildman–Crippen LogP) is 2.68. The lowest BCUT2D eigenvalue weighted by atomic mass is 10.0. The van der Waals surface area contributed by atoms with Crippen LogP contribution in [0.15, 0.2) is 53.8 Å². The Kier molecular flexibility index (Phi) is 9.24. The van der Waals surface area contributed by atoms with E-state index in [1.165, 1.54) is 39.3 Å². The molecule has 0 bridgehead atoms. The number of aromatic carboxylic acids is 1. The lowest BCUT2D eigenvalue weighted by Crippen LogP contribution is -2.43. The Labute approximate surface area is 197 Å². The number of benzene rings is 1. The Morgan fingerprint density at radius 2 is 1.94 bits per heavy atom. The fourth-order valence-electron chi connectivity index (χ4n) is 2.84. The number of hydrazine groups is 1. The fourth-order valence-corrected chi connectivity index (χ4v) is 2.84. The second-order valence-electron chi connectivity index (χ2n) is 7.09. The number of nitrogens with two attached hydrogens (primary N) is 1. The van der Waals surface area contributed by atoms with Gasteiger partial charge in [0.05, 0.1) is 18.5 Å². The number of allylic oxidation sites excluding steroid dienone is 1. The fraction of sp³-hybridized carbons (Fsp3) is 0.261. The third-order valence-electron chi connectivity index (χ3n) is 4.70. The highest BCUT2D eigenvalue weighted by atomic mass is 19.1. The maximum atomic E-state index is 14.1. The van der Waals surface area contributed by atoms with E-state index >= 15 is 0 Å². The monoisotopic (exact) mass is 472 g/mol. The topological polar surface area (TPSA) is 151 Å². The third-order valence-corrected chi connectivity index (χ3v) is 4.70. The molecule has 34 heavy (non-hydrogen) atoms. The minimum absolute atomic E-state index is 0.192. The Hall–Kier alpha value is -4.28. The van der Waals surface area contributed by atoms with Gasteiger partial charge >= 0.3 is 5.97 Å². The Balaban J connectivity index is 0.000000945. The first-order chi connectivity index (χ1) is 16.3. The molecule has 10 nitrogen and oxygen atoms in total. The van der Waals surface area contributed by atoms with E-state index < -0.39 is 17.5 Å². The summed E-state index contributed by atoms with van der Waals surface area (Å²) in [6.07, 6.45) is 5.41. The molecule has 2 aromatic rings. The third kappa shape index (κ3) is 6.15. The molecule has 11 heteroatoms. The number of carboxylic acids is 1. The van der Waals surface area contributed by atoms with Crippen LogP contribution < -0.4 is 32.0 Å². The number of ether oxygens (including phenoxy) is 1. The smallest absolute Gasteiger partial charge is 0.357 e. The normalized spacial score (nSPS) is 12.3. The molecule has 3 rings (SSSR count). The van der Waals surface area contributed by atoms with Crippen LogP contribution in [-0.4, -0.2) is 36.1 Å². The van der Waals surface area contributed by atoms with Crippen LogP contribution >= 0.6 is 0 Å². The lowest BCUT2D eigenvalue weighted by Gasteiger charge is -2.23. The summed E-state index contributed by atoms with van der Waals surface area (Å²) in [5.74, 6) is -2.22. The van der Waals surface area contributed by atoms with Crippen molar-refractivity contribution in [2.45, 2.75) is 26.7 Å². The molecule has 0 spiro atoms. The Morgan fingerprint density at radius 3 is 2.50 bits per heavy atom. The minimum atomic E-state index is -1.46. The number of halogens is 1. The van der Waals surface area contributed by atoms with Crippen LogP contribution in [0.3, 0.4) is 0 Å². The molecule has 0 atom stereocenters. The van der Waals surface area contributed by atoms with Crippen molar-refractivity contribution in [1.82, 2.24) is 21.2 Å². The molecule has 7 N–H and O–H groups in total. The number of anilines is 1. The average molecular weight is 473 g/mol. The number of unbranched alkanes of at least 4 members (excludes halogenated alkanes) is 1. The summed E-state index contributed by atoms with van der Waals surface area (Å²) < 4.78 is 19.6. The van der Waals surface area contributed by atoms with Crippen LogP contribution in [0.25, 0.3) is 11.1 Å². The van der Waals surface area contributed by atoms with E-state index in [1.807, 2.05) is 0 Å². The van der Waals surface area contributed by atoms with Crippen molar-refractivity contribution in [1.29, 1.82) is 0 Å². The Bertz CT molecular complexity index is 1110. The highest BCUT2D eigenvalue weighted by molar-refractivity contribution is 5.95. The second kappa shape index (κ2) is 12.1. The number of carboxylic acid groups (broad SMARTS) is 1. The predicted molar refractivity (Wildman–Crippen MR) is 127 cm³/mol. The van der Waals surface area contributed by atoms with E-state index in [0.717, 1.165) is 6.07 Å². The lowest BCUT2D eigenvalue weighted by molar-refractivity contribution is -0.117. The van der Waals surface area contributed by atoms with Crippen LogP contribution in [0.2, 0.25) is 0 Å². The molecule has 182 valence electrons. The summed E-state index contributed by atoms with van der Waals surface area (Å²) in [7, 11) is 2.91. The van der Waals surface area contributed by atoms with Crippen LogP contribution in [-0.2, 0) is 4.79 Å². The molecular weight excluding hydrogens is 443 g/mol. The molecule has 0 fully saturated rings. The number of pyridine rings is 1. The molecule has 0 unspecified atom stereocenters. The number of methoxy groups -OCH3 is 1. The standard InChI is InChI=1S/C19H19FN6O4.C4H10/c1-22-18(27)16-13(7-14(21)25-26-16)24-12-5-3-4-10(17(12)30-2)9-6-11(20)15(19(28)29)23-8-9;1-3-4-2/h3-8,24-26H,21H2,1-2H3,(H,22,27)(H,28,29);3-4H2,1-2H3. The van der Waals surface area contributed by atoms with Crippen molar-refractivity contribution in [3.63, 3.8) is 0 Å². The molecule has 0 saturated heterocycles. The number of aromatic nitrogens is 1.